The number of carbonyl (C=O) groups is 1. The highest BCUT2D eigenvalue weighted by Crippen LogP contribution is 2.25. The maximum Gasteiger partial charge on any atom is 0.262 e. The third kappa shape index (κ3) is 4.66. The number of aryl methyl sites for hydroxylation is 3. The van der Waals surface area contributed by atoms with E-state index >= 15 is 0 Å². The van der Waals surface area contributed by atoms with Gasteiger partial charge in [-0.3, -0.25) is 14.2 Å². The van der Waals surface area contributed by atoms with E-state index < -0.39 is 0 Å². The molecule has 0 unspecified atom stereocenters. The Labute approximate surface area is 168 Å². The molecule has 3 aromatic rings. The molecule has 1 N–H and O–H groups in total. The molecule has 0 spiro atoms. The number of hydrogen-bond acceptors (Lipinski definition) is 5. The molecule has 0 fully saturated rings. The van der Waals surface area contributed by atoms with Gasteiger partial charge in [-0.25, -0.2) is 4.98 Å². The number of carbonyl (C=O) groups excluding carboxylic acids is 1. The summed E-state index contributed by atoms with van der Waals surface area (Å²) in [5.41, 5.74) is 3.03. The fourth-order valence-corrected chi connectivity index (χ4v) is 3.90. The summed E-state index contributed by atoms with van der Waals surface area (Å²) in [6, 6.07) is 7.98. The Bertz CT molecular complexity index is 1020. The van der Waals surface area contributed by atoms with Crippen LogP contribution in [0.4, 0.5) is 0 Å². The molecule has 0 aliphatic carbocycles. The van der Waals surface area contributed by atoms with Crippen molar-refractivity contribution >= 4 is 27.5 Å². The van der Waals surface area contributed by atoms with Crippen molar-refractivity contribution < 1.29 is 9.53 Å². The minimum absolute atomic E-state index is 0.0791. The van der Waals surface area contributed by atoms with Gasteiger partial charge >= 0.3 is 0 Å². The van der Waals surface area contributed by atoms with Gasteiger partial charge in [0.2, 0.25) is 5.91 Å². The Morgan fingerprint density at radius 1 is 1.21 bits per heavy atom. The van der Waals surface area contributed by atoms with Crippen LogP contribution in [0, 0.1) is 13.8 Å². The van der Waals surface area contributed by atoms with Gasteiger partial charge in [0, 0.05) is 31.0 Å². The predicted octanol–water partition coefficient (Wildman–Crippen LogP) is 3.32. The monoisotopic (exact) mass is 399 g/mol. The predicted molar refractivity (Wildman–Crippen MR) is 112 cm³/mol. The number of nitrogens with zero attached hydrogens (tertiary/aromatic N) is 2. The van der Waals surface area contributed by atoms with Crippen LogP contribution in [-0.2, 0) is 29.2 Å². The van der Waals surface area contributed by atoms with E-state index in [-0.39, 0.29) is 17.9 Å². The summed E-state index contributed by atoms with van der Waals surface area (Å²) in [6.45, 7) is 7.96. The molecule has 3 rings (SSSR count). The second-order valence-electron chi connectivity index (χ2n) is 6.69. The van der Waals surface area contributed by atoms with E-state index in [1.165, 1.54) is 22.2 Å². The molecule has 0 radical (unpaired) electrons. The molecule has 0 atom stereocenters. The number of aromatic nitrogens is 2. The fourth-order valence-electron chi connectivity index (χ4n) is 2.91. The molecular formula is C21H25N3O3S. The van der Waals surface area contributed by atoms with E-state index in [4.69, 9.17) is 4.74 Å². The van der Waals surface area contributed by atoms with Crippen LogP contribution in [0.25, 0.3) is 10.2 Å². The normalized spacial score (nSPS) is 11.1. The maximum absolute atomic E-state index is 12.6. The van der Waals surface area contributed by atoms with Gasteiger partial charge in [-0.15, -0.1) is 11.3 Å². The van der Waals surface area contributed by atoms with E-state index in [2.05, 4.69) is 10.3 Å². The van der Waals surface area contributed by atoms with Crippen molar-refractivity contribution in [2.24, 2.45) is 0 Å². The van der Waals surface area contributed by atoms with E-state index in [1.54, 1.807) is 0 Å². The van der Waals surface area contributed by atoms with Crippen molar-refractivity contribution in [1.29, 1.82) is 0 Å². The minimum atomic E-state index is -0.0939. The molecule has 1 amide bonds. The quantitative estimate of drug-likeness (QED) is 0.631. The SMILES string of the molecule is CCOCc1ccc(CNC(=O)CCn2cnc3sc(C)c(C)c3c2=O)cc1. The Morgan fingerprint density at radius 2 is 1.93 bits per heavy atom. The molecule has 2 aromatic heterocycles. The highest BCUT2D eigenvalue weighted by Gasteiger charge is 2.12. The number of hydrogen-bond donors (Lipinski definition) is 1. The van der Waals surface area contributed by atoms with E-state index in [9.17, 15) is 9.59 Å². The van der Waals surface area contributed by atoms with Crippen LogP contribution in [-0.4, -0.2) is 22.1 Å². The summed E-state index contributed by atoms with van der Waals surface area (Å²) in [5, 5.41) is 3.56. The third-order valence-corrected chi connectivity index (χ3v) is 5.84. The Balaban J connectivity index is 1.54. The fraction of sp³-hybridized carbons (Fsp3) is 0.381. The summed E-state index contributed by atoms with van der Waals surface area (Å²) < 4.78 is 6.89. The number of thiophene rings is 1. The molecule has 28 heavy (non-hydrogen) atoms. The Hall–Kier alpha value is -2.51. The first-order valence-electron chi connectivity index (χ1n) is 9.37. The lowest BCUT2D eigenvalue weighted by Crippen LogP contribution is -2.27. The van der Waals surface area contributed by atoms with Gasteiger partial charge in [-0.05, 0) is 37.5 Å². The Kier molecular flexibility index (Phi) is 6.59. The molecule has 0 bridgehead atoms. The molecule has 148 valence electrons. The maximum atomic E-state index is 12.6. The zero-order valence-corrected chi connectivity index (χ0v) is 17.3. The molecule has 0 aliphatic rings. The number of ether oxygens (including phenoxy) is 1. The van der Waals surface area contributed by atoms with Crippen LogP contribution in [0.2, 0.25) is 0 Å². The highest BCUT2D eigenvalue weighted by molar-refractivity contribution is 7.18. The van der Waals surface area contributed by atoms with Crippen molar-refractivity contribution in [3.63, 3.8) is 0 Å². The van der Waals surface area contributed by atoms with Crippen LogP contribution in [0.15, 0.2) is 35.4 Å². The van der Waals surface area contributed by atoms with Crippen molar-refractivity contribution in [3.8, 4) is 0 Å². The van der Waals surface area contributed by atoms with Gasteiger partial charge in [-0.2, -0.15) is 0 Å². The first-order chi connectivity index (χ1) is 13.5. The second-order valence-corrected chi connectivity index (χ2v) is 7.89. The van der Waals surface area contributed by atoms with Crippen LogP contribution in [0.1, 0.15) is 34.9 Å². The Morgan fingerprint density at radius 3 is 2.64 bits per heavy atom. The summed E-state index contributed by atoms with van der Waals surface area (Å²) >= 11 is 1.53. The smallest absolute Gasteiger partial charge is 0.262 e. The van der Waals surface area contributed by atoms with Crippen LogP contribution in [0.5, 0.6) is 0 Å². The summed E-state index contributed by atoms with van der Waals surface area (Å²) in [4.78, 5) is 31.0. The zero-order valence-electron chi connectivity index (χ0n) is 16.4. The number of amides is 1. The van der Waals surface area contributed by atoms with Crippen molar-refractivity contribution in [2.45, 2.75) is 46.9 Å². The third-order valence-electron chi connectivity index (χ3n) is 4.72. The van der Waals surface area contributed by atoms with E-state index in [0.29, 0.717) is 31.7 Å². The molecule has 7 heteroatoms. The number of fused-ring (bicyclic) bond motifs is 1. The summed E-state index contributed by atoms with van der Waals surface area (Å²) in [5.74, 6) is -0.0939. The average Bonchev–Trinajstić information content (AvgIpc) is 2.99. The van der Waals surface area contributed by atoms with Crippen molar-refractivity contribution in [2.75, 3.05) is 6.61 Å². The highest BCUT2D eigenvalue weighted by atomic mass is 32.1. The zero-order chi connectivity index (χ0) is 20.1. The molecule has 6 nitrogen and oxygen atoms in total. The van der Waals surface area contributed by atoms with Crippen LogP contribution < -0.4 is 10.9 Å². The first-order valence-corrected chi connectivity index (χ1v) is 10.2. The number of rotatable bonds is 8. The lowest BCUT2D eigenvalue weighted by Gasteiger charge is -2.08. The molecule has 0 saturated heterocycles. The molecule has 1 aromatic carbocycles. The minimum Gasteiger partial charge on any atom is -0.377 e. The van der Waals surface area contributed by atoms with Gasteiger partial charge in [0.1, 0.15) is 4.83 Å². The molecule has 2 heterocycles. The number of nitrogens with one attached hydrogen (secondary N) is 1. The largest absolute Gasteiger partial charge is 0.377 e. The van der Waals surface area contributed by atoms with E-state index in [1.807, 2.05) is 45.0 Å². The van der Waals surface area contributed by atoms with Gasteiger partial charge in [0.25, 0.3) is 5.56 Å². The second kappa shape index (κ2) is 9.12. The molecule has 0 saturated carbocycles. The average molecular weight is 400 g/mol. The topological polar surface area (TPSA) is 73.2 Å². The van der Waals surface area contributed by atoms with Crippen LogP contribution in [0.3, 0.4) is 0 Å². The van der Waals surface area contributed by atoms with Gasteiger partial charge in [-0.1, -0.05) is 24.3 Å². The lowest BCUT2D eigenvalue weighted by molar-refractivity contribution is -0.121. The van der Waals surface area contributed by atoms with Crippen molar-refractivity contribution in [1.82, 2.24) is 14.9 Å². The molecule has 0 aliphatic heterocycles. The first kappa shape index (κ1) is 20.2. The number of benzene rings is 1. The van der Waals surface area contributed by atoms with Gasteiger partial charge in [0.05, 0.1) is 18.3 Å². The molecular weight excluding hydrogens is 374 g/mol. The van der Waals surface area contributed by atoms with Gasteiger partial charge in [0.15, 0.2) is 0 Å². The lowest BCUT2D eigenvalue weighted by atomic mass is 10.1. The van der Waals surface area contributed by atoms with Gasteiger partial charge < -0.3 is 10.1 Å². The summed E-state index contributed by atoms with van der Waals surface area (Å²) in [7, 11) is 0. The standard InChI is InChI=1S/C21H25N3O3S/c1-4-27-12-17-7-5-16(6-8-17)11-22-18(25)9-10-24-13-23-20-19(21(24)26)14(2)15(3)28-20/h5-8,13H,4,9-12H2,1-3H3,(H,22,25). The van der Waals surface area contributed by atoms with Crippen molar-refractivity contribution in [3.05, 3.63) is 62.5 Å². The van der Waals surface area contributed by atoms with Crippen LogP contribution >= 0.6 is 11.3 Å². The summed E-state index contributed by atoms with van der Waals surface area (Å²) in [6.07, 6.45) is 1.77. The van der Waals surface area contributed by atoms with E-state index in [0.717, 1.165) is 26.4 Å².